The molecule has 0 bridgehead atoms. The molecule has 5 heteroatoms. The van der Waals surface area contributed by atoms with Gasteiger partial charge in [-0.1, -0.05) is 37.3 Å². The second-order valence-electron chi connectivity index (χ2n) is 4.35. The fourth-order valence-electron chi connectivity index (χ4n) is 2.31. The van der Waals surface area contributed by atoms with Crippen LogP contribution in [0.3, 0.4) is 0 Å². The highest BCUT2D eigenvalue weighted by atomic mass is 35.5. The maximum absolute atomic E-state index is 11.5. The van der Waals surface area contributed by atoms with Crippen LogP contribution in [0.2, 0.25) is 5.15 Å². The zero-order chi connectivity index (χ0) is 11.5. The van der Waals surface area contributed by atoms with E-state index in [-0.39, 0.29) is 10.7 Å². The van der Waals surface area contributed by atoms with Gasteiger partial charge in [-0.3, -0.25) is 14.3 Å². The average molecular weight is 243 g/mol. The Balaban J connectivity index is 2.09. The molecule has 0 aliphatic heterocycles. The van der Waals surface area contributed by atoms with Gasteiger partial charge in [-0.05, 0) is 12.3 Å². The van der Waals surface area contributed by atoms with E-state index in [9.17, 15) is 9.59 Å². The first-order chi connectivity index (χ1) is 7.66. The van der Waals surface area contributed by atoms with Crippen molar-refractivity contribution >= 4 is 11.6 Å². The summed E-state index contributed by atoms with van der Waals surface area (Å²) in [5, 5.41) is 0.104. The van der Waals surface area contributed by atoms with Crippen molar-refractivity contribution in [1.29, 1.82) is 0 Å². The van der Waals surface area contributed by atoms with Gasteiger partial charge in [0.1, 0.15) is 5.15 Å². The third-order valence-corrected chi connectivity index (χ3v) is 3.43. The van der Waals surface area contributed by atoms with Crippen LogP contribution in [0.15, 0.2) is 15.7 Å². The van der Waals surface area contributed by atoms with Crippen molar-refractivity contribution in [2.24, 2.45) is 5.92 Å². The maximum Gasteiger partial charge on any atom is 0.329 e. The van der Waals surface area contributed by atoms with Gasteiger partial charge in [0.05, 0.1) is 0 Å². The van der Waals surface area contributed by atoms with Crippen LogP contribution in [0, 0.1) is 5.92 Å². The fraction of sp³-hybridized carbons (Fsp3) is 0.636. The Morgan fingerprint density at radius 2 is 2.06 bits per heavy atom. The second kappa shape index (κ2) is 4.87. The molecule has 1 aromatic rings. The first-order valence-electron chi connectivity index (χ1n) is 5.66. The summed E-state index contributed by atoms with van der Waals surface area (Å²) in [7, 11) is 0. The number of H-pyrrole nitrogens is 1. The van der Waals surface area contributed by atoms with Crippen LogP contribution in [0.4, 0.5) is 0 Å². The van der Waals surface area contributed by atoms with Crippen LogP contribution in [0.1, 0.15) is 32.1 Å². The Morgan fingerprint density at radius 1 is 1.38 bits per heavy atom. The molecule has 16 heavy (non-hydrogen) atoms. The lowest BCUT2D eigenvalue weighted by Gasteiger charge is -2.09. The minimum Gasteiger partial charge on any atom is -0.298 e. The number of aromatic nitrogens is 2. The molecule has 1 N–H and O–H groups in total. The molecule has 88 valence electrons. The molecule has 1 aliphatic rings. The smallest absolute Gasteiger partial charge is 0.298 e. The lowest BCUT2D eigenvalue weighted by Crippen LogP contribution is -2.34. The summed E-state index contributed by atoms with van der Waals surface area (Å²) in [6, 6.07) is 1.25. The second-order valence-corrected chi connectivity index (χ2v) is 4.76. The molecule has 1 saturated carbocycles. The van der Waals surface area contributed by atoms with Crippen LogP contribution < -0.4 is 11.2 Å². The van der Waals surface area contributed by atoms with Gasteiger partial charge in [0.2, 0.25) is 0 Å². The zero-order valence-electron chi connectivity index (χ0n) is 9.04. The zero-order valence-corrected chi connectivity index (χ0v) is 9.79. The lowest BCUT2D eigenvalue weighted by molar-refractivity contribution is 0.444. The highest BCUT2D eigenvalue weighted by Crippen LogP contribution is 2.27. The first-order valence-corrected chi connectivity index (χ1v) is 6.04. The Bertz CT molecular complexity index is 440. The first kappa shape index (κ1) is 11.5. The molecule has 1 fully saturated rings. The quantitative estimate of drug-likeness (QED) is 0.822. The van der Waals surface area contributed by atoms with Crippen molar-refractivity contribution < 1.29 is 0 Å². The van der Waals surface area contributed by atoms with Gasteiger partial charge < -0.3 is 0 Å². The number of rotatable bonds is 3. The van der Waals surface area contributed by atoms with E-state index >= 15 is 0 Å². The molecular formula is C11H15ClN2O2. The van der Waals surface area contributed by atoms with Crippen LogP contribution in [0.5, 0.6) is 0 Å². The van der Waals surface area contributed by atoms with Gasteiger partial charge in [0.15, 0.2) is 0 Å². The summed E-state index contributed by atoms with van der Waals surface area (Å²) in [4.78, 5) is 25.4. The van der Waals surface area contributed by atoms with E-state index < -0.39 is 5.69 Å². The van der Waals surface area contributed by atoms with Crippen LogP contribution in [-0.4, -0.2) is 9.55 Å². The molecule has 0 amide bonds. The molecule has 1 aromatic heterocycles. The van der Waals surface area contributed by atoms with Gasteiger partial charge in [-0.15, -0.1) is 0 Å². The van der Waals surface area contributed by atoms with Crippen LogP contribution >= 0.6 is 11.6 Å². The number of nitrogens with zero attached hydrogens (tertiary/aromatic N) is 1. The molecule has 1 aliphatic carbocycles. The minimum absolute atomic E-state index is 0.104. The molecule has 2 rings (SSSR count). The standard InChI is InChI=1S/C11H15ClN2O2/c12-9-7-10(15)14(11(16)13-9)6-5-8-3-1-2-4-8/h7-8H,1-6H2,(H,13,16). The van der Waals surface area contributed by atoms with Crippen LogP contribution in [0.25, 0.3) is 0 Å². The van der Waals surface area contributed by atoms with Gasteiger partial charge in [0.25, 0.3) is 5.56 Å². The van der Waals surface area contributed by atoms with Crippen molar-refractivity contribution in [1.82, 2.24) is 9.55 Å². The van der Waals surface area contributed by atoms with Crippen molar-refractivity contribution in [3.8, 4) is 0 Å². The van der Waals surface area contributed by atoms with E-state index in [0.29, 0.717) is 12.5 Å². The normalized spacial score (nSPS) is 16.8. The molecule has 4 nitrogen and oxygen atoms in total. The van der Waals surface area contributed by atoms with E-state index in [2.05, 4.69) is 4.98 Å². The number of halogens is 1. The van der Waals surface area contributed by atoms with E-state index in [4.69, 9.17) is 11.6 Å². The van der Waals surface area contributed by atoms with Crippen molar-refractivity contribution in [3.63, 3.8) is 0 Å². The molecular weight excluding hydrogens is 228 g/mol. The highest BCUT2D eigenvalue weighted by Gasteiger charge is 2.15. The Labute approximate surface area is 98.3 Å². The summed E-state index contributed by atoms with van der Waals surface area (Å²) >= 11 is 5.58. The summed E-state index contributed by atoms with van der Waals surface area (Å²) in [6.07, 6.45) is 5.90. The molecule has 0 unspecified atom stereocenters. The predicted molar refractivity (Wildman–Crippen MR) is 62.9 cm³/mol. The maximum atomic E-state index is 11.5. The van der Waals surface area contributed by atoms with E-state index in [1.54, 1.807) is 0 Å². The molecule has 0 aromatic carbocycles. The topological polar surface area (TPSA) is 54.9 Å². The SMILES string of the molecule is O=c1cc(Cl)[nH]c(=O)n1CCC1CCCC1. The predicted octanol–water partition coefficient (Wildman–Crippen LogP) is 1.77. The Morgan fingerprint density at radius 3 is 2.69 bits per heavy atom. The van der Waals surface area contributed by atoms with Crippen LogP contribution in [-0.2, 0) is 6.54 Å². The highest BCUT2D eigenvalue weighted by molar-refractivity contribution is 6.29. The average Bonchev–Trinajstić information content (AvgIpc) is 2.68. The van der Waals surface area contributed by atoms with Gasteiger partial charge in [-0.25, -0.2) is 4.79 Å². The fourth-order valence-corrected chi connectivity index (χ4v) is 2.49. The number of hydrogen-bond donors (Lipinski definition) is 1. The summed E-state index contributed by atoms with van der Waals surface area (Å²) in [5.41, 5.74) is -0.720. The third kappa shape index (κ3) is 2.55. The van der Waals surface area contributed by atoms with Crippen molar-refractivity contribution in [3.05, 3.63) is 32.1 Å². The Kier molecular flexibility index (Phi) is 3.49. The molecule has 0 atom stereocenters. The number of aromatic amines is 1. The third-order valence-electron chi connectivity index (χ3n) is 3.22. The molecule has 0 saturated heterocycles. The van der Waals surface area contributed by atoms with E-state index in [1.165, 1.54) is 36.3 Å². The van der Waals surface area contributed by atoms with Gasteiger partial charge in [0, 0.05) is 12.6 Å². The van der Waals surface area contributed by atoms with Crippen molar-refractivity contribution in [2.75, 3.05) is 0 Å². The Hall–Kier alpha value is -1.03. The van der Waals surface area contributed by atoms with E-state index in [1.807, 2.05) is 0 Å². The largest absolute Gasteiger partial charge is 0.329 e. The van der Waals surface area contributed by atoms with E-state index in [0.717, 1.165) is 6.42 Å². The summed E-state index contributed by atoms with van der Waals surface area (Å²) in [6.45, 7) is 0.496. The number of hydrogen-bond acceptors (Lipinski definition) is 2. The lowest BCUT2D eigenvalue weighted by atomic mass is 10.0. The van der Waals surface area contributed by atoms with Crippen molar-refractivity contribution in [2.45, 2.75) is 38.6 Å². The molecule has 0 spiro atoms. The number of nitrogens with one attached hydrogen (secondary N) is 1. The summed E-state index contributed by atoms with van der Waals surface area (Å²) in [5.74, 6) is 0.668. The van der Waals surface area contributed by atoms with Gasteiger partial charge >= 0.3 is 5.69 Å². The minimum atomic E-state index is -0.407. The summed E-state index contributed by atoms with van der Waals surface area (Å²) < 4.78 is 1.23. The molecule has 0 radical (unpaired) electrons. The molecule has 1 heterocycles. The monoisotopic (exact) mass is 242 g/mol. The van der Waals surface area contributed by atoms with Gasteiger partial charge in [-0.2, -0.15) is 0 Å².